The number of halogens is 2. The van der Waals surface area contributed by atoms with E-state index in [0.29, 0.717) is 12.8 Å². The van der Waals surface area contributed by atoms with Crippen LogP contribution >= 0.6 is 0 Å². The fourth-order valence-corrected chi connectivity index (χ4v) is 2.84. The van der Waals surface area contributed by atoms with Gasteiger partial charge in [-0.1, -0.05) is 25.3 Å². The van der Waals surface area contributed by atoms with Crippen molar-refractivity contribution >= 4 is 11.9 Å². The Morgan fingerprint density at radius 2 is 1.96 bits per heavy atom. The van der Waals surface area contributed by atoms with Crippen molar-refractivity contribution in [3.63, 3.8) is 0 Å². The lowest BCUT2D eigenvalue weighted by Crippen LogP contribution is -2.42. The predicted molar refractivity (Wildman–Crippen MR) is 78.5 cm³/mol. The van der Waals surface area contributed by atoms with Gasteiger partial charge in [0, 0.05) is 11.6 Å². The van der Waals surface area contributed by atoms with Gasteiger partial charge < -0.3 is 15.2 Å². The number of carboxylic acid groups (broad SMARTS) is 1. The average molecular weight is 327 g/mol. The van der Waals surface area contributed by atoms with Gasteiger partial charge >= 0.3 is 12.6 Å². The first-order valence-electron chi connectivity index (χ1n) is 7.56. The smallest absolute Gasteiger partial charge is 0.387 e. The zero-order valence-electron chi connectivity index (χ0n) is 12.5. The van der Waals surface area contributed by atoms with Crippen LogP contribution in [0, 0.1) is 5.92 Å². The van der Waals surface area contributed by atoms with Crippen LogP contribution in [0.1, 0.15) is 42.5 Å². The number of carbonyl (C=O) groups excluding carboxylic acids is 1. The van der Waals surface area contributed by atoms with E-state index in [1.54, 1.807) is 0 Å². The molecule has 0 heterocycles. The largest absolute Gasteiger partial charge is 0.481 e. The minimum Gasteiger partial charge on any atom is -0.481 e. The van der Waals surface area contributed by atoms with Gasteiger partial charge in [0.05, 0.1) is 5.92 Å². The first-order valence-corrected chi connectivity index (χ1v) is 7.56. The molecule has 1 aromatic carbocycles. The highest BCUT2D eigenvalue weighted by Crippen LogP contribution is 2.24. The maximum Gasteiger partial charge on any atom is 0.387 e. The fourth-order valence-electron chi connectivity index (χ4n) is 2.84. The van der Waals surface area contributed by atoms with E-state index >= 15 is 0 Å². The van der Waals surface area contributed by atoms with Crippen LogP contribution in [-0.4, -0.2) is 29.6 Å². The van der Waals surface area contributed by atoms with Gasteiger partial charge in [0.15, 0.2) is 0 Å². The van der Waals surface area contributed by atoms with E-state index in [2.05, 4.69) is 10.1 Å². The molecule has 1 aliphatic carbocycles. The van der Waals surface area contributed by atoms with Gasteiger partial charge in [-0.2, -0.15) is 8.78 Å². The highest BCUT2D eigenvalue weighted by molar-refractivity contribution is 5.95. The van der Waals surface area contributed by atoms with Crippen molar-refractivity contribution < 1.29 is 28.2 Å². The second kappa shape index (κ2) is 7.89. The topological polar surface area (TPSA) is 75.6 Å². The number of benzene rings is 1. The SMILES string of the molecule is O=C(N[C@H]1CCCCC[C@H]1C(=O)O)c1cccc(OC(F)F)c1. The summed E-state index contributed by atoms with van der Waals surface area (Å²) in [5.41, 5.74) is 0.163. The molecule has 0 aromatic heterocycles. The molecular weight excluding hydrogens is 308 g/mol. The van der Waals surface area contributed by atoms with E-state index in [4.69, 9.17) is 0 Å². The first kappa shape index (κ1) is 17.2. The highest BCUT2D eigenvalue weighted by Gasteiger charge is 2.30. The number of alkyl halides is 2. The van der Waals surface area contributed by atoms with Crippen LogP contribution in [-0.2, 0) is 4.79 Å². The number of hydrogen-bond acceptors (Lipinski definition) is 3. The first-order chi connectivity index (χ1) is 11.0. The Balaban J connectivity index is 2.08. The summed E-state index contributed by atoms with van der Waals surface area (Å²) in [6, 6.07) is 5.00. The molecule has 1 aromatic rings. The summed E-state index contributed by atoms with van der Waals surface area (Å²) in [6.07, 6.45) is 3.73. The Morgan fingerprint density at radius 1 is 1.22 bits per heavy atom. The van der Waals surface area contributed by atoms with Crippen LogP contribution < -0.4 is 10.1 Å². The van der Waals surface area contributed by atoms with Crippen molar-refractivity contribution in [3.8, 4) is 5.75 Å². The summed E-state index contributed by atoms with van der Waals surface area (Å²) in [5.74, 6) is -2.14. The molecule has 2 atom stereocenters. The normalized spacial score (nSPS) is 21.5. The number of aliphatic carboxylic acids is 1. The third kappa shape index (κ3) is 4.91. The van der Waals surface area contributed by atoms with Crippen LogP contribution in [0.15, 0.2) is 24.3 Å². The number of hydrogen-bond donors (Lipinski definition) is 2. The Kier molecular flexibility index (Phi) is 5.90. The number of carbonyl (C=O) groups is 2. The van der Waals surface area contributed by atoms with Crippen molar-refractivity contribution in [2.45, 2.75) is 44.8 Å². The lowest BCUT2D eigenvalue weighted by Gasteiger charge is -2.23. The Morgan fingerprint density at radius 3 is 2.65 bits per heavy atom. The minimum absolute atomic E-state index is 0.108. The minimum atomic E-state index is -2.97. The molecule has 5 nitrogen and oxygen atoms in total. The van der Waals surface area contributed by atoms with Crippen molar-refractivity contribution in [2.24, 2.45) is 5.92 Å². The number of nitrogens with one attached hydrogen (secondary N) is 1. The third-order valence-electron chi connectivity index (χ3n) is 3.97. The number of rotatable bonds is 5. The molecule has 0 saturated heterocycles. The molecule has 126 valence electrons. The summed E-state index contributed by atoms with van der Waals surface area (Å²) in [7, 11) is 0. The van der Waals surface area contributed by atoms with Gasteiger partial charge in [-0.3, -0.25) is 9.59 Å². The van der Waals surface area contributed by atoms with E-state index in [9.17, 15) is 23.5 Å². The number of ether oxygens (including phenoxy) is 1. The van der Waals surface area contributed by atoms with Crippen LogP contribution in [0.25, 0.3) is 0 Å². The molecule has 1 fully saturated rings. The van der Waals surface area contributed by atoms with Crippen molar-refractivity contribution in [3.05, 3.63) is 29.8 Å². The van der Waals surface area contributed by atoms with Gasteiger partial charge in [0.2, 0.25) is 0 Å². The maximum atomic E-state index is 12.3. The lowest BCUT2D eigenvalue weighted by molar-refractivity contribution is -0.142. The van der Waals surface area contributed by atoms with E-state index in [-0.39, 0.29) is 11.3 Å². The quantitative estimate of drug-likeness (QED) is 0.815. The molecule has 7 heteroatoms. The summed E-state index contributed by atoms with van der Waals surface area (Å²) in [4.78, 5) is 23.6. The second-order valence-corrected chi connectivity index (χ2v) is 5.57. The van der Waals surface area contributed by atoms with Gasteiger partial charge in [0.1, 0.15) is 5.75 Å². The Labute approximate surface area is 132 Å². The standard InChI is InChI=1S/C16H19F2NO4/c17-16(18)23-11-6-4-5-10(9-11)14(20)19-13-8-3-1-2-7-12(13)15(21)22/h4-6,9,12-13,16H,1-3,7-8H2,(H,19,20)(H,21,22)/t12-,13+/m1/s1. The molecule has 1 amide bonds. The molecule has 2 rings (SSSR count). The molecule has 1 aliphatic rings. The monoisotopic (exact) mass is 327 g/mol. The molecule has 0 unspecified atom stereocenters. The maximum absolute atomic E-state index is 12.3. The average Bonchev–Trinajstić information content (AvgIpc) is 2.72. The summed E-state index contributed by atoms with van der Waals surface area (Å²) in [6.45, 7) is -2.97. The fraction of sp³-hybridized carbons (Fsp3) is 0.500. The van der Waals surface area contributed by atoms with Gasteiger partial charge in [0.25, 0.3) is 5.91 Å². The number of amides is 1. The third-order valence-corrected chi connectivity index (χ3v) is 3.97. The van der Waals surface area contributed by atoms with Crippen molar-refractivity contribution in [1.82, 2.24) is 5.32 Å². The van der Waals surface area contributed by atoms with Crippen LogP contribution in [0.5, 0.6) is 5.75 Å². The molecule has 0 radical (unpaired) electrons. The van der Waals surface area contributed by atoms with Gasteiger partial charge in [-0.25, -0.2) is 0 Å². The van der Waals surface area contributed by atoms with Gasteiger partial charge in [-0.15, -0.1) is 0 Å². The van der Waals surface area contributed by atoms with Crippen LogP contribution in [0.3, 0.4) is 0 Å². The summed E-state index contributed by atoms with van der Waals surface area (Å²) >= 11 is 0. The number of carboxylic acids is 1. The molecule has 0 spiro atoms. The van der Waals surface area contributed by atoms with Gasteiger partial charge in [-0.05, 0) is 31.0 Å². The second-order valence-electron chi connectivity index (χ2n) is 5.57. The van der Waals surface area contributed by atoms with E-state index in [0.717, 1.165) is 19.3 Å². The van der Waals surface area contributed by atoms with Crippen molar-refractivity contribution in [2.75, 3.05) is 0 Å². The van der Waals surface area contributed by atoms with Crippen LogP contribution in [0.2, 0.25) is 0 Å². The Hall–Kier alpha value is -2.18. The summed E-state index contributed by atoms with van der Waals surface area (Å²) < 4.78 is 28.7. The molecule has 0 bridgehead atoms. The van der Waals surface area contributed by atoms with Crippen LogP contribution in [0.4, 0.5) is 8.78 Å². The van der Waals surface area contributed by atoms with E-state index in [1.165, 1.54) is 24.3 Å². The molecule has 0 aliphatic heterocycles. The zero-order valence-corrected chi connectivity index (χ0v) is 12.5. The molecule has 23 heavy (non-hydrogen) atoms. The highest BCUT2D eigenvalue weighted by atomic mass is 19.3. The predicted octanol–water partition coefficient (Wildman–Crippen LogP) is 3.05. The Bertz CT molecular complexity index is 565. The van der Waals surface area contributed by atoms with E-state index in [1.807, 2.05) is 0 Å². The lowest BCUT2D eigenvalue weighted by atomic mass is 9.94. The molecular formula is C16H19F2NO4. The summed E-state index contributed by atoms with van der Waals surface area (Å²) in [5, 5.41) is 12.0. The van der Waals surface area contributed by atoms with Crippen molar-refractivity contribution in [1.29, 1.82) is 0 Å². The molecule has 2 N–H and O–H groups in total. The molecule has 1 saturated carbocycles. The van der Waals surface area contributed by atoms with E-state index < -0.39 is 30.4 Å². The zero-order chi connectivity index (χ0) is 16.8.